The second-order valence-corrected chi connectivity index (χ2v) is 2.76. The molecule has 0 rings (SSSR count). The van der Waals surface area contributed by atoms with Crippen molar-refractivity contribution >= 4 is 5.97 Å². The van der Waals surface area contributed by atoms with E-state index in [0.717, 1.165) is 6.08 Å². The first-order chi connectivity index (χ1) is 6.97. The molecule has 5 nitrogen and oxygen atoms in total. The van der Waals surface area contributed by atoms with E-state index in [0.29, 0.717) is 0 Å². The van der Waals surface area contributed by atoms with Crippen molar-refractivity contribution in [3.63, 3.8) is 0 Å². The molecule has 0 aromatic rings. The average molecular weight is 219 g/mol. The molecule has 0 fully saturated rings. The number of rotatable bonds is 5. The van der Waals surface area contributed by atoms with Crippen LogP contribution in [0.2, 0.25) is 0 Å². The highest BCUT2D eigenvalue weighted by molar-refractivity contribution is 5.79. The molecule has 0 spiro atoms. The maximum Gasteiger partial charge on any atom is 0.327 e. The highest BCUT2D eigenvalue weighted by atomic mass is 16.5. The Balaban J connectivity index is 0. The zero-order valence-electron chi connectivity index (χ0n) is 9.98. The molecule has 2 unspecified atom stereocenters. The van der Waals surface area contributed by atoms with Crippen molar-refractivity contribution in [2.45, 2.75) is 33.2 Å². The summed E-state index contributed by atoms with van der Waals surface area (Å²) >= 11 is 0. The van der Waals surface area contributed by atoms with Crippen LogP contribution in [0.5, 0.6) is 0 Å². The first kappa shape index (κ1) is 16.5. The van der Waals surface area contributed by atoms with Gasteiger partial charge in [-0.2, -0.15) is 0 Å². The lowest BCUT2D eigenvalue weighted by atomic mass is 10.5. The van der Waals surface area contributed by atoms with Crippen LogP contribution in [0, 0.1) is 0 Å². The molecule has 0 bridgehead atoms. The third-order valence-corrected chi connectivity index (χ3v) is 1.49. The molecule has 2 N–H and O–H groups in total. The highest BCUT2D eigenvalue weighted by Crippen LogP contribution is 1.86. The van der Waals surface area contributed by atoms with E-state index in [1.807, 2.05) is 13.8 Å². The molecule has 15 heavy (non-hydrogen) atoms. The van der Waals surface area contributed by atoms with E-state index in [1.165, 1.54) is 6.08 Å². The van der Waals surface area contributed by atoms with Crippen LogP contribution in [-0.2, 0) is 14.3 Å². The molecule has 5 heteroatoms. The lowest BCUT2D eigenvalue weighted by molar-refractivity contribution is -0.131. The normalized spacial score (nSPS) is 14.2. The number of hydrogen-bond acceptors (Lipinski definition) is 4. The monoisotopic (exact) mass is 219 g/mol. The van der Waals surface area contributed by atoms with E-state index in [4.69, 9.17) is 14.6 Å². The average Bonchev–Trinajstić information content (AvgIpc) is 2.18. The molecule has 0 saturated carbocycles. The third kappa shape index (κ3) is 15.8. The van der Waals surface area contributed by atoms with Crippen LogP contribution >= 0.6 is 0 Å². The van der Waals surface area contributed by atoms with E-state index in [9.17, 15) is 4.79 Å². The van der Waals surface area contributed by atoms with Gasteiger partial charge in [0.15, 0.2) is 0 Å². The Morgan fingerprint density at radius 3 is 1.80 bits per heavy atom. The number of ether oxygens (including phenoxy) is 2. The molecule has 2 atom stereocenters. The summed E-state index contributed by atoms with van der Waals surface area (Å²) in [6.45, 7) is 5.51. The Kier molecular flexibility index (Phi) is 12.3. The minimum Gasteiger partial charge on any atom is -0.478 e. The van der Waals surface area contributed by atoms with Crippen molar-refractivity contribution < 1.29 is 19.4 Å². The van der Waals surface area contributed by atoms with Crippen LogP contribution in [0.15, 0.2) is 12.2 Å². The van der Waals surface area contributed by atoms with Crippen LogP contribution in [0.1, 0.15) is 20.8 Å². The molecule has 90 valence electrons. The van der Waals surface area contributed by atoms with E-state index < -0.39 is 5.97 Å². The van der Waals surface area contributed by atoms with Crippen LogP contribution in [0.3, 0.4) is 0 Å². The van der Waals surface area contributed by atoms with Gasteiger partial charge in [-0.3, -0.25) is 5.32 Å². The Morgan fingerprint density at radius 1 is 1.27 bits per heavy atom. The molecular formula is C10H21NO4. The van der Waals surface area contributed by atoms with Gasteiger partial charge in [-0.25, -0.2) is 4.79 Å². The minimum atomic E-state index is -0.891. The van der Waals surface area contributed by atoms with E-state index in [-0.39, 0.29) is 12.5 Å². The molecule has 0 radical (unpaired) electrons. The summed E-state index contributed by atoms with van der Waals surface area (Å²) < 4.78 is 9.86. The number of methoxy groups -OCH3 is 2. The number of carboxylic acids is 1. The van der Waals surface area contributed by atoms with Gasteiger partial charge in [-0.1, -0.05) is 6.08 Å². The predicted octanol–water partition coefficient (Wildman–Crippen LogP) is 1.21. The number of allylic oxidation sites excluding steroid dienone is 1. The number of carboxylic acid groups (broad SMARTS) is 1. The van der Waals surface area contributed by atoms with Crippen LogP contribution in [0.4, 0.5) is 0 Å². The summed E-state index contributed by atoms with van der Waals surface area (Å²) in [5, 5.41) is 10.9. The molecular weight excluding hydrogens is 198 g/mol. The van der Waals surface area contributed by atoms with Gasteiger partial charge >= 0.3 is 5.97 Å². The molecule has 0 amide bonds. The first-order valence-electron chi connectivity index (χ1n) is 4.65. The Morgan fingerprint density at radius 2 is 1.67 bits per heavy atom. The fraction of sp³-hybridized carbons (Fsp3) is 0.700. The second-order valence-electron chi connectivity index (χ2n) is 2.76. The largest absolute Gasteiger partial charge is 0.478 e. The quantitative estimate of drug-likeness (QED) is 0.537. The standard InChI is InChI=1S/C6H15NO2.C4H6O2/c1-5(8-3)7-6(2)9-4;1-2-3-4(5)6/h5-7H,1-4H3;2-3H,1H3,(H,5,6)/b;3-2+. The Bertz CT molecular complexity index is 174. The predicted molar refractivity (Wildman–Crippen MR) is 58.5 cm³/mol. The molecule has 0 aromatic carbocycles. The molecule has 0 aliphatic rings. The van der Waals surface area contributed by atoms with Crippen molar-refractivity contribution in [2.75, 3.05) is 14.2 Å². The van der Waals surface area contributed by atoms with Gasteiger partial charge in [0.05, 0.1) is 0 Å². The van der Waals surface area contributed by atoms with E-state index >= 15 is 0 Å². The number of carbonyl (C=O) groups is 1. The van der Waals surface area contributed by atoms with Gasteiger partial charge < -0.3 is 14.6 Å². The molecule has 0 aliphatic carbocycles. The summed E-state index contributed by atoms with van der Waals surface area (Å²) in [6, 6.07) is 0. The van der Waals surface area contributed by atoms with Gasteiger partial charge in [0, 0.05) is 20.3 Å². The topological polar surface area (TPSA) is 67.8 Å². The van der Waals surface area contributed by atoms with Crippen molar-refractivity contribution in [1.29, 1.82) is 0 Å². The zero-order valence-corrected chi connectivity index (χ0v) is 9.98. The van der Waals surface area contributed by atoms with Crippen LogP contribution < -0.4 is 5.32 Å². The van der Waals surface area contributed by atoms with E-state index in [2.05, 4.69) is 5.32 Å². The summed E-state index contributed by atoms with van der Waals surface area (Å²) in [5.74, 6) is -0.891. The van der Waals surface area contributed by atoms with E-state index in [1.54, 1.807) is 21.1 Å². The third-order valence-electron chi connectivity index (χ3n) is 1.49. The number of hydrogen-bond donors (Lipinski definition) is 2. The zero-order chi connectivity index (χ0) is 12.3. The number of nitrogens with one attached hydrogen (secondary N) is 1. The molecule has 0 aliphatic heterocycles. The highest BCUT2D eigenvalue weighted by Gasteiger charge is 2.02. The fourth-order valence-electron chi connectivity index (χ4n) is 0.609. The van der Waals surface area contributed by atoms with Gasteiger partial charge in [0.25, 0.3) is 0 Å². The maximum atomic E-state index is 9.51. The summed E-state index contributed by atoms with van der Waals surface area (Å²) in [4.78, 5) is 9.51. The molecule has 0 saturated heterocycles. The van der Waals surface area contributed by atoms with Gasteiger partial charge in [-0.05, 0) is 20.8 Å². The van der Waals surface area contributed by atoms with Gasteiger partial charge in [0.2, 0.25) is 0 Å². The van der Waals surface area contributed by atoms with Crippen molar-refractivity contribution in [2.24, 2.45) is 0 Å². The van der Waals surface area contributed by atoms with Crippen molar-refractivity contribution in [3.05, 3.63) is 12.2 Å². The first-order valence-corrected chi connectivity index (χ1v) is 4.65. The summed E-state index contributed by atoms with van der Waals surface area (Å²) in [7, 11) is 3.31. The van der Waals surface area contributed by atoms with Crippen molar-refractivity contribution in [3.8, 4) is 0 Å². The fourth-order valence-corrected chi connectivity index (χ4v) is 0.609. The minimum absolute atomic E-state index is 0.0555. The smallest absolute Gasteiger partial charge is 0.327 e. The molecule has 0 aromatic heterocycles. The maximum absolute atomic E-state index is 9.51. The Labute approximate surface area is 91.1 Å². The van der Waals surface area contributed by atoms with Crippen LogP contribution in [0.25, 0.3) is 0 Å². The van der Waals surface area contributed by atoms with Gasteiger partial charge in [-0.15, -0.1) is 0 Å². The summed E-state index contributed by atoms with van der Waals surface area (Å²) in [6.07, 6.45) is 2.67. The summed E-state index contributed by atoms with van der Waals surface area (Å²) in [5.41, 5.74) is 0. The second kappa shape index (κ2) is 11.2. The Hall–Kier alpha value is -0.910. The van der Waals surface area contributed by atoms with Gasteiger partial charge in [0.1, 0.15) is 12.5 Å². The molecule has 0 heterocycles. The van der Waals surface area contributed by atoms with Crippen LogP contribution in [-0.4, -0.2) is 37.8 Å². The lowest BCUT2D eigenvalue weighted by Crippen LogP contribution is -2.36. The number of aliphatic carboxylic acids is 1. The lowest BCUT2D eigenvalue weighted by Gasteiger charge is -2.16. The SMILES string of the molecule is C/C=C/C(=O)O.COC(C)NC(C)OC. The van der Waals surface area contributed by atoms with Crippen molar-refractivity contribution in [1.82, 2.24) is 5.32 Å².